The molecule has 60 valence electrons. The second-order valence-electron chi connectivity index (χ2n) is 2.65. The first-order chi connectivity index (χ1) is 4.54. The maximum absolute atomic E-state index is 2.44. The summed E-state index contributed by atoms with van der Waals surface area (Å²) in [5, 5.41) is 0. The van der Waals surface area contributed by atoms with Crippen LogP contribution in [0, 0.1) is 0 Å². The third-order valence-corrected chi connectivity index (χ3v) is 8.89. The quantitative estimate of drug-likeness (QED) is 0.546. The van der Waals surface area contributed by atoms with Crippen molar-refractivity contribution in [3.8, 4) is 0 Å². The van der Waals surface area contributed by atoms with Gasteiger partial charge < -0.3 is 0 Å². The van der Waals surface area contributed by atoms with Crippen LogP contribution in [0.4, 0.5) is 0 Å². The number of hydrogen-bond acceptors (Lipinski definition) is 0. The van der Waals surface area contributed by atoms with Crippen molar-refractivity contribution in [2.24, 2.45) is 0 Å². The fourth-order valence-electron chi connectivity index (χ4n) is 0.726. The fraction of sp³-hybridized carbons (Fsp3) is 0.750. The van der Waals surface area contributed by atoms with Gasteiger partial charge in [0, 0.05) is 0 Å². The van der Waals surface area contributed by atoms with Crippen molar-refractivity contribution in [3.05, 3.63) is 11.6 Å². The summed E-state index contributed by atoms with van der Waals surface area (Å²) in [5.41, 5.74) is 1.47. The van der Waals surface area contributed by atoms with Gasteiger partial charge in [-0.3, -0.25) is 0 Å². The topological polar surface area (TPSA) is 0 Å². The van der Waals surface area contributed by atoms with Crippen LogP contribution in [0.25, 0.3) is 0 Å². The minimum atomic E-state index is 0.568. The molecule has 0 aromatic heterocycles. The summed E-state index contributed by atoms with van der Waals surface area (Å²) in [6.45, 7) is 6.76. The molecule has 0 radical (unpaired) electrons. The summed E-state index contributed by atoms with van der Waals surface area (Å²) < 4.78 is 0.568. The Morgan fingerprint density at radius 2 is 1.60 bits per heavy atom. The Hall–Kier alpha value is 0.779. The van der Waals surface area contributed by atoms with Crippen LogP contribution in [-0.2, 0) is 0 Å². The standard InChI is InChI=1S/C8H16Se2/c1-7(2)6-8(3,9-4)10-5/h6H,1-5H3. The van der Waals surface area contributed by atoms with Crippen molar-refractivity contribution >= 4 is 29.9 Å². The summed E-state index contributed by atoms with van der Waals surface area (Å²) in [6.07, 6.45) is 2.44. The van der Waals surface area contributed by atoms with Gasteiger partial charge in [0.1, 0.15) is 0 Å². The molecule has 0 heterocycles. The number of allylic oxidation sites excluding steroid dienone is 2. The fourth-order valence-corrected chi connectivity index (χ4v) is 4.38. The predicted molar refractivity (Wildman–Crippen MR) is 51.0 cm³/mol. The van der Waals surface area contributed by atoms with Gasteiger partial charge in [-0.05, 0) is 0 Å². The zero-order valence-corrected chi connectivity index (χ0v) is 10.8. The van der Waals surface area contributed by atoms with Gasteiger partial charge in [0.2, 0.25) is 0 Å². The molecule has 0 unspecified atom stereocenters. The summed E-state index contributed by atoms with van der Waals surface area (Å²) >= 11 is 1.53. The Bertz CT molecular complexity index is 119. The van der Waals surface area contributed by atoms with E-state index in [2.05, 4.69) is 38.5 Å². The molecule has 0 aliphatic heterocycles. The first-order valence-electron chi connectivity index (χ1n) is 3.30. The average Bonchev–Trinajstić information content (AvgIpc) is 1.87. The summed E-state index contributed by atoms with van der Waals surface area (Å²) in [5.74, 6) is 4.66. The van der Waals surface area contributed by atoms with Crippen LogP contribution < -0.4 is 0 Å². The molecule has 0 aliphatic rings. The molecule has 0 aromatic carbocycles. The van der Waals surface area contributed by atoms with Crippen molar-refractivity contribution in [1.29, 1.82) is 0 Å². The Morgan fingerprint density at radius 3 is 1.70 bits per heavy atom. The van der Waals surface area contributed by atoms with Crippen molar-refractivity contribution in [2.75, 3.05) is 0 Å². The molecule has 0 atom stereocenters. The summed E-state index contributed by atoms with van der Waals surface area (Å²) in [6, 6.07) is 0. The molecule has 0 amide bonds. The van der Waals surface area contributed by atoms with Gasteiger partial charge in [-0.2, -0.15) is 0 Å². The molecule has 0 nitrogen and oxygen atoms in total. The van der Waals surface area contributed by atoms with E-state index in [0.717, 1.165) is 29.9 Å². The van der Waals surface area contributed by atoms with Crippen LogP contribution in [0.2, 0.25) is 14.9 Å². The van der Waals surface area contributed by atoms with Crippen LogP contribution in [0.5, 0.6) is 0 Å². The molecule has 0 rings (SSSR count). The second-order valence-corrected chi connectivity index (χ2v) is 9.23. The minimum absolute atomic E-state index is 0.568. The van der Waals surface area contributed by atoms with E-state index in [1.54, 1.807) is 0 Å². The third kappa shape index (κ3) is 3.83. The van der Waals surface area contributed by atoms with Crippen LogP contribution in [-0.4, -0.2) is 29.9 Å². The molecule has 10 heavy (non-hydrogen) atoms. The molecule has 0 aliphatic carbocycles. The summed E-state index contributed by atoms with van der Waals surface area (Å²) in [7, 11) is 0. The zero-order chi connectivity index (χ0) is 8.20. The van der Waals surface area contributed by atoms with E-state index in [0.29, 0.717) is 3.21 Å². The van der Waals surface area contributed by atoms with E-state index in [9.17, 15) is 0 Å². The Labute approximate surface area is 77.2 Å². The number of rotatable bonds is 3. The first kappa shape index (κ1) is 10.8. The maximum atomic E-state index is 2.44. The average molecular weight is 270 g/mol. The Balaban J connectivity index is 4.20. The molecule has 0 saturated carbocycles. The summed E-state index contributed by atoms with van der Waals surface area (Å²) in [4.78, 5) is 0. The molecule has 0 aromatic rings. The number of hydrogen-bond donors (Lipinski definition) is 0. The normalized spacial score (nSPS) is 11.3. The zero-order valence-electron chi connectivity index (χ0n) is 7.39. The molecule has 0 fully saturated rings. The van der Waals surface area contributed by atoms with Gasteiger partial charge in [-0.25, -0.2) is 0 Å². The predicted octanol–water partition coefficient (Wildman–Crippen LogP) is 2.59. The van der Waals surface area contributed by atoms with Gasteiger partial charge in [0.25, 0.3) is 0 Å². The molecule has 2 heteroatoms. The van der Waals surface area contributed by atoms with Gasteiger partial charge in [-0.15, -0.1) is 0 Å². The van der Waals surface area contributed by atoms with Crippen LogP contribution >= 0.6 is 0 Å². The SMILES string of the molecule is C[Se]C(C)(C=C(C)C)[Se]C. The van der Waals surface area contributed by atoms with E-state index in [1.807, 2.05) is 0 Å². The van der Waals surface area contributed by atoms with E-state index >= 15 is 0 Å². The van der Waals surface area contributed by atoms with Gasteiger partial charge in [0.15, 0.2) is 0 Å². The van der Waals surface area contributed by atoms with Crippen molar-refractivity contribution in [3.63, 3.8) is 0 Å². The Morgan fingerprint density at radius 1 is 1.20 bits per heavy atom. The van der Waals surface area contributed by atoms with Crippen molar-refractivity contribution < 1.29 is 0 Å². The van der Waals surface area contributed by atoms with Gasteiger partial charge >= 0.3 is 77.2 Å². The molecular formula is C8H16Se2. The molecule has 0 spiro atoms. The molecule has 0 saturated heterocycles. The van der Waals surface area contributed by atoms with E-state index in [1.165, 1.54) is 5.57 Å². The second kappa shape index (κ2) is 4.62. The molecular weight excluding hydrogens is 254 g/mol. The first-order valence-corrected chi connectivity index (χ1v) is 8.44. The van der Waals surface area contributed by atoms with E-state index < -0.39 is 0 Å². The van der Waals surface area contributed by atoms with Gasteiger partial charge in [0.05, 0.1) is 0 Å². The van der Waals surface area contributed by atoms with Crippen molar-refractivity contribution in [1.82, 2.24) is 0 Å². The van der Waals surface area contributed by atoms with Crippen LogP contribution in [0.3, 0.4) is 0 Å². The van der Waals surface area contributed by atoms with Crippen LogP contribution in [0.15, 0.2) is 11.6 Å². The third-order valence-electron chi connectivity index (χ3n) is 1.36. The van der Waals surface area contributed by atoms with E-state index in [-0.39, 0.29) is 0 Å². The molecule has 0 bridgehead atoms. The van der Waals surface area contributed by atoms with Crippen molar-refractivity contribution in [2.45, 2.75) is 35.6 Å². The van der Waals surface area contributed by atoms with E-state index in [4.69, 9.17) is 0 Å². The Kier molecular flexibility index (Phi) is 4.97. The monoisotopic (exact) mass is 272 g/mol. The van der Waals surface area contributed by atoms with Crippen LogP contribution in [0.1, 0.15) is 20.8 Å². The molecule has 0 N–H and O–H groups in total. The van der Waals surface area contributed by atoms with Gasteiger partial charge in [-0.1, -0.05) is 0 Å².